The van der Waals surface area contributed by atoms with Crippen LogP contribution in [0, 0.1) is 6.92 Å². The van der Waals surface area contributed by atoms with Gasteiger partial charge >= 0.3 is 0 Å². The second kappa shape index (κ2) is 7.32. The number of rotatable bonds is 5. The maximum atomic E-state index is 12.3. The number of amides is 1. The van der Waals surface area contributed by atoms with Gasteiger partial charge in [-0.3, -0.25) is 4.79 Å². The van der Waals surface area contributed by atoms with Crippen LogP contribution in [0.5, 0.6) is 5.75 Å². The van der Waals surface area contributed by atoms with Crippen LogP contribution in [0.25, 0.3) is 0 Å². The van der Waals surface area contributed by atoms with Crippen molar-refractivity contribution in [1.82, 2.24) is 0 Å². The number of para-hydroxylation sites is 1. The van der Waals surface area contributed by atoms with Gasteiger partial charge in [-0.15, -0.1) is 0 Å². The lowest BCUT2D eigenvalue weighted by Gasteiger charge is -2.17. The van der Waals surface area contributed by atoms with Gasteiger partial charge in [-0.05, 0) is 55.7 Å². The molecule has 1 atom stereocenters. The minimum atomic E-state index is -0.592. The van der Waals surface area contributed by atoms with Crippen molar-refractivity contribution in [3.63, 3.8) is 0 Å². The van der Waals surface area contributed by atoms with Gasteiger partial charge in [-0.2, -0.15) is 0 Å². The summed E-state index contributed by atoms with van der Waals surface area (Å²) in [6.07, 6.45) is 0.273. The molecule has 22 heavy (non-hydrogen) atoms. The molecule has 0 aliphatic heterocycles. The van der Waals surface area contributed by atoms with Crippen LogP contribution in [0.15, 0.2) is 42.5 Å². The number of halogens is 1. The highest BCUT2D eigenvalue weighted by Crippen LogP contribution is 2.22. The van der Waals surface area contributed by atoms with E-state index in [1.807, 2.05) is 25.1 Å². The Kier molecular flexibility index (Phi) is 5.45. The first kappa shape index (κ1) is 16.4. The molecule has 0 fully saturated rings. The maximum Gasteiger partial charge on any atom is 0.265 e. The smallest absolute Gasteiger partial charge is 0.265 e. The molecule has 1 N–H and O–H groups in total. The van der Waals surface area contributed by atoms with Crippen molar-refractivity contribution >= 4 is 23.2 Å². The van der Waals surface area contributed by atoms with Gasteiger partial charge in [-0.1, -0.05) is 36.7 Å². The molecule has 0 aliphatic rings. The van der Waals surface area contributed by atoms with Crippen molar-refractivity contribution in [2.75, 3.05) is 5.32 Å². The number of hydrogen-bond donors (Lipinski definition) is 1. The number of hydrogen-bond acceptors (Lipinski definition) is 2. The minimum Gasteiger partial charge on any atom is -0.481 e. The number of carbonyl (C=O) groups is 1. The number of aryl methyl sites for hydroxylation is 2. The predicted molar refractivity (Wildman–Crippen MR) is 90.7 cm³/mol. The highest BCUT2D eigenvalue weighted by Gasteiger charge is 2.17. The average molecular weight is 318 g/mol. The van der Waals surface area contributed by atoms with E-state index < -0.39 is 6.10 Å². The van der Waals surface area contributed by atoms with Crippen molar-refractivity contribution in [3.8, 4) is 5.75 Å². The third kappa shape index (κ3) is 4.01. The molecule has 0 spiro atoms. The van der Waals surface area contributed by atoms with Crippen molar-refractivity contribution in [1.29, 1.82) is 0 Å². The van der Waals surface area contributed by atoms with Gasteiger partial charge in [0.1, 0.15) is 5.75 Å². The standard InChI is InChI=1S/C18H20ClNO2/c1-4-14-7-5-6-12(2)17(14)20-18(21)13(3)22-16-10-8-15(19)9-11-16/h5-11,13H,4H2,1-3H3,(H,20,21)/t13-/m0/s1. The molecule has 0 aromatic heterocycles. The molecule has 2 rings (SSSR count). The lowest BCUT2D eigenvalue weighted by Crippen LogP contribution is -2.30. The van der Waals surface area contributed by atoms with E-state index in [1.165, 1.54) is 0 Å². The van der Waals surface area contributed by atoms with Crippen LogP contribution >= 0.6 is 11.6 Å². The van der Waals surface area contributed by atoms with Gasteiger partial charge in [0.15, 0.2) is 6.10 Å². The molecule has 0 saturated carbocycles. The molecule has 0 radical (unpaired) electrons. The first-order chi connectivity index (χ1) is 10.5. The maximum absolute atomic E-state index is 12.3. The predicted octanol–water partition coefficient (Wildman–Crippen LogP) is 4.62. The Morgan fingerprint density at radius 2 is 1.91 bits per heavy atom. The lowest BCUT2D eigenvalue weighted by atomic mass is 10.1. The first-order valence-electron chi connectivity index (χ1n) is 7.33. The fraction of sp³-hybridized carbons (Fsp3) is 0.278. The summed E-state index contributed by atoms with van der Waals surface area (Å²) in [6.45, 7) is 5.78. The van der Waals surface area contributed by atoms with Crippen molar-refractivity contribution in [2.24, 2.45) is 0 Å². The summed E-state index contributed by atoms with van der Waals surface area (Å²) in [5, 5.41) is 3.61. The number of benzene rings is 2. The van der Waals surface area contributed by atoms with Crippen LogP contribution in [0.2, 0.25) is 5.02 Å². The molecule has 2 aromatic carbocycles. The van der Waals surface area contributed by atoms with E-state index in [9.17, 15) is 4.79 Å². The van der Waals surface area contributed by atoms with Crippen LogP contribution in [0.3, 0.4) is 0 Å². The zero-order valence-electron chi connectivity index (χ0n) is 13.0. The third-order valence-corrected chi connectivity index (χ3v) is 3.74. The van der Waals surface area contributed by atoms with Crippen molar-refractivity contribution < 1.29 is 9.53 Å². The molecule has 116 valence electrons. The Morgan fingerprint density at radius 3 is 2.55 bits per heavy atom. The van der Waals surface area contributed by atoms with E-state index in [2.05, 4.69) is 12.2 Å². The monoisotopic (exact) mass is 317 g/mol. The second-order valence-electron chi connectivity index (χ2n) is 5.17. The summed E-state index contributed by atoms with van der Waals surface area (Å²) < 4.78 is 5.65. The number of anilines is 1. The van der Waals surface area contributed by atoms with Crippen molar-refractivity contribution in [2.45, 2.75) is 33.3 Å². The lowest BCUT2D eigenvalue weighted by molar-refractivity contribution is -0.122. The van der Waals surface area contributed by atoms with Crippen LogP contribution < -0.4 is 10.1 Å². The van der Waals surface area contributed by atoms with Gasteiger partial charge in [0, 0.05) is 10.7 Å². The molecular weight excluding hydrogens is 298 g/mol. The van der Waals surface area contributed by atoms with Crippen LogP contribution in [0.1, 0.15) is 25.0 Å². The molecule has 0 heterocycles. The van der Waals surface area contributed by atoms with Crippen LogP contribution in [-0.2, 0) is 11.2 Å². The van der Waals surface area contributed by atoms with E-state index >= 15 is 0 Å². The fourth-order valence-electron chi connectivity index (χ4n) is 2.20. The zero-order chi connectivity index (χ0) is 16.1. The van der Waals surface area contributed by atoms with E-state index in [0.29, 0.717) is 10.8 Å². The first-order valence-corrected chi connectivity index (χ1v) is 7.70. The van der Waals surface area contributed by atoms with Gasteiger partial charge in [0.25, 0.3) is 5.91 Å². The Bertz CT molecular complexity index is 653. The summed E-state index contributed by atoms with van der Waals surface area (Å²) in [4.78, 5) is 12.3. The molecule has 2 aromatic rings. The highest BCUT2D eigenvalue weighted by molar-refractivity contribution is 6.30. The van der Waals surface area contributed by atoms with E-state index in [0.717, 1.165) is 23.2 Å². The van der Waals surface area contributed by atoms with Gasteiger partial charge in [0.05, 0.1) is 0 Å². The van der Waals surface area contributed by atoms with Crippen LogP contribution in [0.4, 0.5) is 5.69 Å². The summed E-state index contributed by atoms with van der Waals surface area (Å²) >= 11 is 5.83. The molecule has 0 unspecified atom stereocenters. The summed E-state index contributed by atoms with van der Waals surface area (Å²) in [6, 6.07) is 13.0. The summed E-state index contributed by atoms with van der Waals surface area (Å²) in [5.74, 6) is 0.450. The Hall–Kier alpha value is -2.00. The van der Waals surface area contributed by atoms with E-state index in [1.54, 1.807) is 31.2 Å². The number of nitrogens with one attached hydrogen (secondary N) is 1. The SMILES string of the molecule is CCc1cccc(C)c1NC(=O)[C@H](C)Oc1ccc(Cl)cc1. The minimum absolute atomic E-state index is 0.168. The van der Waals surface area contributed by atoms with Gasteiger partial charge in [0.2, 0.25) is 0 Å². The molecule has 1 amide bonds. The Balaban J connectivity index is 2.07. The van der Waals surface area contributed by atoms with Gasteiger partial charge < -0.3 is 10.1 Å². The van der Waals surface area contributed by atoms with Crippen molar-refractivity contribution in [3.05, 3.63) is 58.6 Å². The third-order valence-electron chi connectivity index (χ3n) is 3.48. The Morgan fingerprint density at radius 1 is 1.23 bits per heavy atom. The molecule has 3 nitrogen and oxygen atoms in total. The summed E-state index contributed by atoms with van der Waals surface area (Å²) in [5.41, 5.74) is 3.04. The normalized spacial score (nSPS) is 11.8. The number of ether oxygens (including phenoxy) is 1. The van der Waals surface area contributed by atoms with E-state index in [4.69, 9.17) is 16.3 Å². The second-order valence-corrected chi connectivity index (χ2v) is 5.60. The largest absolute Gasteiger partial charge is 0.481 e. The highest BCUT2D eigenvalue weighted by atomic mass is 35.5. The van der Waals surface area contributed by atoms with Crippen LogP contribution in [-0.4, -0.2) is 12.0 Å². The quantitative estimate of drug-likeness (QED) is 0.874. The molecule has 0 bridgehead atoms. The average Bonchev–Trinajstić information content (AvgIpc) is 2.51. The topological polar surface area (TPSA) is 38.3 Å². The molecule has 0 aliphatic carbocycles. The fourth-order valence-corrected chi connectivity index (χ4v) is 2.32. The molecule has 4 heteroatoms. The molecular formula is C18H20ClNO2. The number of carbonyl (C=O) groups excluding carboxylic acids is 1. The van der Waals surface area contributed by atoms with Gasteiger partial charge in [-0.25, -0.2) is 0 Å². The zero-order valence-corrected chi connectivity index (χ0v) is 13.8. The van der Waals surface area contributed by atoms with E-state index in [-0.39, 0.29) is 5.91 Å². The summed E-state index contributed by atoms with van der Waals surface area (Å²) in [7, 11) is 0. The molecule has 0 saturated heterocycles. The Labute approximate surface area is 136 Å².